The molecule has 1 aromatic heterocycles. The van der Waals surface area contributed by atoms with Gasteiger partial charge in [-0.3, -0.25) is 0 Å². The number of aromatic nitrogens is 4. The molecule has 1 N–H and O–H groups in total. The number of rotatable bonds is 4. The minimum atomic E-state index is 0.665. The summed E-state index contributed by atoms with van der Waals surface area (Å²) in [4.78, 5) is 0. The van der Waals surface area contributed by atoms with E-state index in [2.05, 4.69) is 39.1 Å². The molecule has 1 heterocycles. The van der Waals surface area contributed by atoms with Gasteiger partial charge in [-0.05, 0) is 16.0 Å². The van der Waals surface area contributed by atoms with Crippen molar-refractivity contribution in [3.05, 3.63) is 42.0 Å². The third-order valence-corrected chi connectivity index (χ3v) is 2.11. The minimum Gasteiger partial charge on any atom is -0.350 e. The van der Waals surface area contributed by atoms with Crippen LogP contribution >= 0.6 is 0 Å². The van der Waals surface area contributed by atoms with E-state index >= 15 is 0 Å². The maximum Gasteiger partial charge on any atom is 0.242 e. The number of nitrogens with zero attached hydrogens (tertiary/aromatic N) is 4. The van der Waals surface area contributed by atoms with Crippen molar-refractivity contribution < 1.29 is 0 Å². The molecule has 0 bridgehead atoms. The highest BCUT2D eigenvalue weighted by molar-refractivity contribution is 5.49. The summed E-state index contributed by atoms with van der Waals surface area (Å²) in [6, 6.07) is 10.1. The van der Waals surface area contributed by atoms with Crippen LogP contribution in [0.3, 0.4) is 0 Å². The lowest BCUT2D eigenvalue weighted by molar-refractivity contribution is 0.713. The first-order chi connectivity index (χ1) is 7.86. The van der Waals surface area contributed by atoms with Crippen molar-refractivity contribution >= 4 is 12.0 Å². The number of benzene rings is 1. The third-order valence-electron chi connectivity index (χ3n) is 2.11. The first-order valence-corrected chi connectivity index (χ1v) is 5.04. The van der Waals surface area contributed by atoms with Gasteiger partial charge in [-0.1, -0.05) is 47.6 Å². The van der Waals surface area contributed by atoms with E-state index < -0.39 is 0 Å². The second kappa shape index (κ2) is 5.06. The highest BCUT2D eigenvalue weighted by Gasteiger charge is 1.96. The summed E-state index contributed by atoms with van der Waals surface area (Å²) in [6.07, 6.45) is 4.08. The molecule has 0 spiro atoms. The van der Waals surface area contributed by atoms with Crippen molar-refractivity contribution in [3.8, 4) is 0 Å². The molecule has 0 fully saturated rings. The van der Waals surface area contributed by atoms with Gasteiger partial charge in [-0.25, -0.2) is 4.68 Å². The lowest BCUT2D eigenvalue weighted by atomic mass is 10.2. The fourth-order valence-electron chi connectivity index (χ4n) is 1.29. The normalized spacial score (nSPS) is 10.8. The van der Waals surface area contributed by atoms with Crippen molar-refractivity contribution in [1.29, 1.82) is 0 Å². The van der Waals surface area contributed by atoms with Crippen LogP contribution in [0.2, 0.25) is 0 Å². The van der Waals surface area contributed by atoms with Gasteiger partial charge >= 0.3 is 0 Å². The van der Waals surface area contributed by atoms with E-state index in [4.69, 9.17) is 0 Å². The maximum atomic E-state index is 3.82. The second-order valence-corrected chi connectivity index (χ2v) is 3.32. The van der Waals surface area contributed by atoms with E-state index in [0.717, 1.165) is 0 Å². The first-order valence-electron chi connectivity index (χ1n) is 5.04. The fraction of sp³-hybridized carbons (Fsp3) is 0.182. The summed E-state index contributed by atoms with van der Waals surface area (Å²) < 4.78 is 1.59. The van der Waals surface area contributed by atoms with Crippen LogP contribution in [0, 0.1) is 0 Å². The fourth-order valence-corrected chi connectivity index (χ4v) is 1.29. The molecular formula is C11H13N5. The van der Waals surface area contributed by atoms with Crippen molar-refractivity contribution in [3.63, 3.8) is 0 Å². The van der Waals surface area contributed by atoms with E-state index in [-0.39, 0.29) is 0 Å². The SMILES string of the molecule is Cn1nnnc1NCC=Cc1ccccc1. The summed E-state index contributed by atoms with van der Waals surface area (Å²) in [5.41, 5.74) is 1.18. The molecule has 2 aromatic rings. The van der Waals surface area contributed by atoms with Crippen LogP contribution in [0.15, 0.2) is 36.4 Å². The number of tetrazole rings is 1. The van der Waals surface area contributed by atoms with Crippen LogP contribution in [0.4, 0.5) is 5.95 Å². The van der Waals surface area contributed by atoms with Crippen LogP contribution in [0.25, 0.3) is 6.08 Å². The van der Waals surface area contributed by atoms with Crippen molar-refractivity contribution in [2.45, 2.75) is 0 Å². The van der Waals surface area contributed by atoms with Crippen LogP contribution in [0.5, 0.6) is 0 Å². The zero-order valence-corrected chi connectivity index (χ0v) is 9.04. The number of anilines is 1. The molecule has 0 unspecified atom stereocenters. The number of hydrogen-bond acceptors (Lipinski definition) is 4. The largest absolute Gasteiger partial charge is 0.350 e. The Balaban J connectivity index is 1.85. The Morgan fingerprint density at radius 2 is 2.12 bits per heavy atom. The Morgan fingerprint density at radius 3 is 2.81 bits per heavy atom. The molecule has 0 aliphatic rings. The molecule has 0 aliphatic heterocycles. The second-order valence-electron chi connectivity index (χ2n) is 3.32. The Kier molecular flexibility index (Phi) is 3.28. The topological polar surface area (TPSA) is 55.6 Å². The molecule has 0 aliphatic carbocycles. The van der Waals surface area contributed by atoms with Crippen LogP contribution < -0.4 is 5.32 Å². The average Bonchev–Trinajstić information content (AvgIpc) is 2.72. The van der Waals surface area contributed by atoms with Crippen LogP contribution in [-0.2, 0) is 7.05 Å². The predicted octanol–water partition coefficient (Wildman–Crippen LogP) is 1.34. The Bertz CT molecular complexity index is 460. The van der Waals surface area contributed by atoms with Gasteiger partial charge in [-0.2, -0.15) is 0 Å². The molecule has 0 radical (unpaired) electrons. The monoisotopic (exact) mass is 215 g/mol. The van der Waals surface area contributed by atoms with Gasteiger partial charge in [0.2, 0.25) is 5.95 Å². The summed E-state index contributed by atoms with van der Waals surface area (Å²) in [5.74, 6) is 0.665. The molecule has 16 heavy (non-hydrogen) atoms. The molecule has 5 nitrogen and oxygen atoms in total. The van der Waals surface area contributed by atoms with E-state index in [9.17, 15) is 0 Å². The highest BCUT2D eigenvalue weighted by atomic mass is 15.6. The number of nitrogens with one attached hydrogen (secondary N) is 1. The van der Waals surface area contributed by atoms with Gasteiger partial charge in [0.15, 0.2) is 0 Å². The summed E-state index contributed by atoms with van der Waals surface area (Å²) in [6.45, 7) is 0.698. The lowest BCUT2D eigenvalue weighted by Gasteiger charge is -1.98. The average molecular weight is 215 g/mol. The standard InChI is InChI=1S/C11H13N5/c1-16-11(13-14-15-16)12-9-5-8-10-6-3-2-4-7-10/h2-8H,9H2,1H3,(H,12,13,15). The lowest BCUT2D eigenvalue weighted by Crippen LogP contribution is -2.05. The quantitative estimate of drug-likeness (QED) is 0.836. The minimum absolute atomic E-state index is 0.665. The molecular weight excluding hydrogens is 202 g/mol. The van der Waals surface area contributed by atoms with Gasteiger partial charge in [0, 0.05) is 13.6 Å². The maximum absolute atomic E-state index is 3.82. The summed E-state index contributed by atoms with van der Waals surface area (Å²) in [5, 5.41) is 14.2. The van der Waals surface area contributed by atoms with Gasteiger partial charge in [0.05, 0.1) is 0 Å². The molecule has 5 heteroatoms. The molecule has 0 saturated heterocycles. The summed E-state index contributed by atoms with van der Waals surface area (Å²) >= 11 is 0. The van der Waals surface area contributed by atoms with E-state index in [1.54, 1.807) is 11.7 Å². The van der Waals surface area contributed by atoms with Crippen molar-refractivity contribution in [1.82, 2.24) is 20.2 Å². The number of aryl methyl sites for hydroxylation is 1. The van der Waals surface area contributed by atoms with E-state index in [1.807, 2.05) is 24.3 Å². The highest BCUT2D eigenvalue weighted by Crippen LogP contribution is 2.01. The molecule has 82 valence electrons. The molecule has 0 atom stereocenters. The Labute approximate surface area is 93.8 Å². The van der Waals surface area contributed by atoms with E-state index in [1.165, 1.54) is 5.56 Å². The van der Waals surface area contributed by atoms with Gasteiger partial charge in [0.25, 0.3) is 0 Å². The van der Waals surface area contributed by atoms with Crippen LogP contribution in [0.1, 0.15) is 5.56 Å². The molecule has 0 amide bonds. The zero-order chi connectivity index (χ0) is 11.2. The first kappa shape index (κ1) is 10.4. The van der Waals surface area contributed by atoms with Gasteiger partial charge in [-0.15, -0.1) is 0 Å². The molecule has 0 saturated carbocycles. The van der Waals surface area contributed by atoms with Crippen molar-refractivity contribution in [2.24, 2.45) is 7.05 Å². The molecule has 2 rings (SSSR count). The zero-order valence-electron chi connectivity index (χ0n) is 9.04. The van der Waals surface area contributed by atoms with E-state index in [0.29, 0.717) is 12.5 Å². The van der Waals surface area contributed by atoms with Gasteiger partial charge in [0.1, 0.15) is 0 Å². The Hall–Kier alpha value is -2.17. The van der Waals surface area contributed by atoms with Crippen LogP contribution in [-0.4, -0.2) is 26.8 Å². The van der Waals surface area contributed by atoms with Crippen molar-refractivity contribution in [2.75, 3.05) is 11.9 Å². The Morgan fingerprint density at radius 1 is 1.31 bits per heavy atom. The predicted molar refractivity (Wildman–Crippen MR) is 62.8 cm³/mol. The van der Waals surface area contributed by atoms with Gasteiger partial charge < -0.3 is 5.32 Å². The molecule has 1 aromatic carbocycles. The smallest absolute Gasteiger partial charge is 0.242 e. The third kappa shape index (κ3) is 2.66. The number of hydrogen-bond donors (Lipinski definition) is 1. The summed E-state index contributed by atoms with van der Waals surface area (Å²) in [7, 11) is 1.79.